The molecule has 0 atom stereocenters. The smallest absolute Gasteiger partial charge is 0.133 e. The van der Waals surface area contributed by atoms with Gasteiger partial charge < -0.3 is 4.74 Å². The van der Waals surface area contributed by atoms with E-state index in [0.29, 0.717) is 0 Å². The maximum absolute atomic E-state index is 5.17. The Labute approximate surface area is 85.6 Å². The number of hydrogen-bond donors (Lipinski definition) is 0. The first-order valence-electron chi connectivity index (χ1n) is 3.57. The van der Waals surface area contributed by atoms with Gasteiger partial charge in [-0.05, 0) is 46.8 Å². The van der Waals surface area contributed by atoms with Crippen LogP contribution in [0, 0.1) is 6.92 Å². The molecule has 0 radical (unpaired) electrons. The number of halogens is 1. The molecule has 0 spiro atoms. The summed E-state index contributed by atoms with van der Waals surface area (Å²) in [5, 5.41) is 0. The van der Waals surface area contributed by atoms with Gasteiger partial charge in [0, 0.05) is 4.90 Å². The van der Waals surface area contributed by atoms with Crippen molar-refractivity contribution >= 4 is 27.7 Å². The molecule has 0 saturated heterocycles. The van der Waals surface area contributed by atoms with E-state index in [0.717, 1.165) is 10.2 Å². The Kier molecular flexibility index (Phi) is 3.47. The largest absolute Gasteiger partial charge is 0.496 e. The molecular formula is C9H11BrOS. The van der Waals surface area contributed by atoms with Crippen molar-refractivity contribution in [3.8, 4) is 5.75 Å². The lowest BCUT2D eigenvalue weighted by atomic mass is 10.2. The molecule has 0 aliphatic rings. The van der Waals surface area contributed by atoms with Gasteiger partial charge in [0.25, 0.3) is 0 Å². The Morgan fingerprint density at radius 3 is 2.58 bits per heavy atom. The van der Waals surface area contributed by atoms with E-state index >= 15 is 0 Å². The zero-order valence-electron chi connectivity index (χ0n) is 7.35. The first kappa shape index (κ1) is 9.93. The van der Waals surface area contributed by atoms with E-state index in [1.54, 1.807) is 18.9 Å². The van der Waals surface area contributed by atoms with Crippen LogP contribution in [0.3, 0.4) is 0 Å². The number of hydrogen-bond acceptors (Lipinski definition) is 2. The zero-order chi connectivity index (χ0) is 9.14. The summed E-state index contributed by atoms with van der Waals surface area (Å²) < 4.78 is 6.18. The van der Waals surface area contributed by atoms with Gasteiger partial charge in [-0.15, -0.1) is 11.8 Å². The topological polar surface area (TPSA) is 9.23 Å². The lowest BCUT2D eigenvalue weighted by molar-refractivity contribution is 0.411. The van der Waals surface area contributed by atoms with Gasteiger partial charge in [-0.25, -0.2) is 0 Å². The highest BCUT2D eigenvalue weighted by Gasteiger charge is 2.04. The van der Waals surface area contributed by atoms with E-state index in [9.17, 15) is 0 Å². The second-order valence-electron chi connectivity index (χ2n) is 2.46. The number of benzene rings is 1. The SMILES string of the molecule is COc1cc(C)c(SC)cc1Br. The van der Waals surface area contributed by atoms with E-state index in [1.807, 2.05) is 6.07 Å². The van der Waals surface area contributed by atoms with E-state index in [-0.39, 0.29) is 0 Å². The quantitative estimate of drug-likeness (QED) is 0.740. The van der Waals surface area contributed by atoms with Gasteiger partial charge in [0.1, 0.15) is 5.75 Å². The van der Waals surface area contributed by atoms with Gasteiger partial charge in [0.05, 0.1) is 11.6 Å². The van der Waals surface area contributed by atoms with Gasteiger partial charge in [-0.2, -0.15) is 0 Å². The molecule has 0 amide bonds. The molecule has 0 N–H and O–H groups in total. The first-order chi connectivity index (χ1) is 5.69. The third-order valence-corrected chi connectivity index (χ3v) is 3.17. The molecule has 0 saturated carbocycles. The van der Waals surface area contributed by atoms with Crippen LogP contribution in [0.1, 0.15) is 5.56 Å². The molecule has 1 aromatic rings. The van der Waals surface area contributed by atoms with Crippen LogP contribution in [0.5, 0.6) is 5.75 Å². The van der Waals surface area contributed by atoms with E-state index < -0.39 is 0 Å². The number of aryl methyl sites for hydroxylation is 1. The van der Waals surface area contributed by atoms with Gasteiger partial charge in [-0.1, -0.05) is 0 Å². The molecule has 66 valence electrons. The molecule has 0 aromatic heterocycles. The molecule has 0 aliphatic heterocycles. The molecule has 0 bridgehead atoms. The monoisotopic (exact) mass is 246 g/mol. The molecule has 1 nitrogen and oxygen atoms in total. The summed E-state index contributed by atoms with van der Waals surface area (Å²) >= 11 is 5.19. The fraction of sp³-hybridized carbons (Fsp3) is 0.333. The highest BCUT2D eigenvalue weighted by atomic mass is 79.9. The second kappa shape index (κ2) is 4.19. The maximum Gasteiger partial charge on any atom is 0.133 e. The van der Waals surface area contributed by atoms with Gasteiger partial charge in [0.15, 0.2) is 0 Å². The molecule has 0 fully saturated rings. The van der Waals surface area contributed by atoms with Crippen molar-refractivity contribution in [2.75, 3.05) is 13.4 Å². The molecule has 0 heterocycles. The standard InChI is InChI=1S/C9H11BrOS/c1-6-4-8(11-2)7(10)5-9(6)12-3/h4-5H,1-3H3. The summed E-state index contributed by atoms with van der Waals surface area (Å²) in [6.45, 7) is 2.08. The van der Waals surface area contributed by atoms with Crippen molar-refractivity contribution < 1.29 is 4.74 Å². The van der Waals surface area contributed by atoms with Crippen LogP contribution < -0.4 is 4.74 Å². The van der Waals surface area contributed by atoms with Crippen LogP contribution in [0.2, 0.25) is 0 Å². The fourth-order valence-corrected chi connectivity index (χ4v) is 2.29. The lowest BCUT2D eigenvalue weighted by Gasteiger charge is -2.07. The first-order valence-corrected chi connectivity index (χ1v) is 5.59. The van der Waals surface area contributed by atoms with Crippen molar-refractivity contribution in [2.24, 2.45) is 0 Å². The summed E-state index contributed by atoms with van der Waals surface area (Å²) in [5.74, 6) is 0.894. The Balaban J connectivity index is 3.16. The fourth-order valence-electron chi connectivity index (χ4n) is 1.01. The van der Waals surface area contributed by atoms with Gasteiger partial charge >= 0.3 is 0 Å². The van der Waals surface area contributed by atoms with Gasteiger partial charge in [0.2, 0.25) is 0 Å². The summed E-state index contributed by atoms with van der Waals surface area (Å²) in [6, 6.07) is 4.12. The Hall–Kier alpha value is -0.150. The zero-order valence-corrected chi connectivity index (χ0v) is 9.75. The van der Waals surface area contributed by atoms with Crippen LogP contribution >= 0.6 is 27.7 Å². The van der Waals surface area contributed by atoms with E-state index in [4.69, 9.17) is 4.74 Å². The summed E-state index contributed by atoms with van der Waals surface area (Å²) in [6.07, 6.45) is 2.07. The number of ether oxygens (including phenoxy) is 1. The Morgan fingerprint density at radius 1 is 1.42 bits per heavy atom. The second-order valence-corrected chi connectivity index (χ2v) is 4.16. The minimum absolute atomic E-state index is 0.894. The minimum Gasteiger partial charge on any atom is -0.496 e. The van der Waals surface area contributed by atoms with Crippen LogP contribution in [-0.4, -0.2) is 13.4 Å². The average molecular weight is 247 g/mol. The summed E-state index contributed by atoms with van der Waals surface area (Å²) in [7, 11) is 1.68. The minimum atomic E-state index is 0.894. The summed E-state index contributed by atoms with van der Waals surface area (Å²) in [4.78, 5) is 1.28. The molecule has 1 aromatic carbocycles. The molecule has 3 heteroatoms. The van der Waals surface area contributed by atoms with Crippen molar-refractivity contribution in [1.82, 2.24) is 0 Å². The Morgan fingerprint density at radius 2 is 2.08 bits per heavy atom. The molecule has 0 aliphatic carbocycles. The predicted octanol–water partition coefficient (Wildman–Crippen LogP) is 3.49. The van der Waals surface area contributed by atoms with Gasteiger partial charge in [-0.3, -0.25) is 0 Å². The van der Waals surface area contributed by atoms with Crippen LogP contribution in [0.15, 0.2) is 21.5 Å². The summed E-state index contributed by atoms with van der Waals surface area (Å²) in [5.41, 5.74) is 1.25. The van der Waals surface area contributed by atoms with E-state index in [1.165, 1.54) is 10.5 Å². The highest BCUT2D eigenvalue weighted by Crippen LogP contribution is 2.32. The third-order valence-electron chi connectivity index (χ3n) is 1.67. The number of methoxy groups -OCH3 is 1. The lowest BCUT2D eigenvalue weighted by Crippen LogP contribution is -1.87. The highest BCUT2D eigenvalue weighted by molar-refractivity contribution is 9.10. The van der Waals surface area contributed by atoms with Crippen LogP contribution in [0.4, 0.5) is 0 Å². The van der Waals surface area contributed by atoms with Crippen molar-refractivity contribution in [1.29, 1.82) is 0 Å². The number of rotatable bonds is 2. The average Bonchev–Trinajstić information content (AvgIpc) is 2.08. The van der Waals surface area contributed by atoms with Crippen LogP contribution in [-0.2, 0) is 0 Å². The number of thioether (sulfide) groups is 1. The van der Waals surface area contributed by atoms with Crippen molar-refractivity contribution in [3.05, 3.63) is 22.2 Å². The third kappa shape index (κ3) is 1.96. The predicted molar refractivity (Wildman–Crippen MR) is 57.2 cm³/mol. The van der Waals surface area contributed by atoms with Crippen molar-refractivity contribution in [2.45, 2.75) is 11.8 Å². The normalized spacial score (nSPS) is 10.0. The Bertz CT molecular complexity index is 256. The molecule has 1 rings (SSSR count). The maximum atomic E-state index is 5.17. The van der Waals surface area contributed by atoms with Crippen LogP contribution in [0.25, 0.3) is 0 Å². The molecular weight excluding hydrogens is 236 g/mol. The molecule has 0 unspecified atom stereocenters. The van der Waals surface area contributed by atoms with Crippen molar-refractivity contribution in [3.63, 3.8) is 0 Å². The van der Waals surface area contributed by atoms with E-state index in [2.05, 4.69) is 35.2 Å². The molecule has 12 heavy (non-hydrogen) atoms.